The third-order valence-corrected chi connectivity index (χ3v) is 4.50. The number of nitrogens with one attached hydrogen (secondary N) is 1. The van der Waals surface area contributed by atoms with Crippen molar-refractivity contribution in [1.29, 1.82) is 0 Å². The van der Waals surface area contributed by atoms with Gasteiger partial charge in [0, 0.05) is 26.2 Å². The number of alkyl halides is 6. The summed E-state index contributed by atoms with van der Waals surface area (Å²) >= 11 is 0. The third-order valence-electron chi connectivity index (χ3n) is 4.50. The predicted molar refractivity (Wildman–Crippen MR) is 90.9 cm³/mol. The molecule has 0 aliphatic carbocycles. The Morgan fingerprint density at radius 3 is 1.75 bits per heavy atom. The van der Waals surface area contributed by atoms with Crippen LogP contribution in [0.2, 0.25) is 0 Å². The Labute approximate surface area is 157 Å². The number of rotatable bonds is 4. The minimum absolute atomic E-state index is 0.345. The first-order valence-electron chi connectivity index (χ1n) is 8.61. The van der Waals surface area contributed by atoms with Gasteiger partial charge in [0.05, 0.1) is 11.6 Å². The summed E-state index contributed by atoms with van der Waals surface area (Å²) < 4.78 is 79.5. The summed E-state index contributed by atoms with van der Waals surface area (Å²) in [6.07, 6.45) is -9.22. The molecule has 1 saturated heterocycles. The number of hydrogen-bond donors (Lipinski definition) is 1. The van der Waals surface area contributed by atoms with Crippen molar-refractivity contribution in [3.63, 3.8) is 0 Å². The molecule has 1 fully saturated rings. The van der Waals surface area contributed by atoms with E-state index in [2.05, 4.69) is 15.0 Å². The molecule has 2 aromatic carbocycles. The molecule has 3 nitrogen and oxygen atoms in total. The van der Waals surface area contributed by atoms with E-state index in [1.807, 2.05) is 0 Å². The molecule has 0 spiro atoms. The molecule has 1 aliphatic heterocycles. The Morgan fingerprint density at radius 1 is 0.786 bits per heavy atom. The van der Waals surface area contributed by atoms with Crippen LogP contribution in [0.25, 0.3) is 0 Å². The lowest BCUT2D eigenvalue weighted by Crippen LogP contribution is -2.45. The van der Waals surface area contributed by atoms with Crippen molar-refractivity contribution in [2.75, 3.05) is 26.2 Å². The highest BCUT2D eigenvalue weighted by atomic mass is 19.4. The van der Waals surface area contributed by atoms with E-state index < -0.39 is 18.1 Å². The van der Waals surface area contributed by atoms with Gasteiger partial charge in [0.15, 0.2) is 0 Å². The molecule has 1 aliphatic rings. The second-order valence-corrected chi connectivity index (χ2v) is 6.43. The van der Waals surface area contributed by atoms with Gasteiger partial charge in [0.1, 0.15) is 5.75 Å². The number of hydrogen-bond acceptors (Lipinski definition) is 3. The van der Waals surface area contributed by atoms with Crippen molar-refractivity contribution in [3.05, 3.63) is 65.2 Å². The van der Waals surface area contributed by atoms with Crippen molar-refractivity contribution in [2.45, 2.75) is 18.6 Å². The van der Waals surface area contributed by atoms with Crippen LogP contribution in [0.3, 0.4) is 0 Å². The molecule has 0 amide bonds. The van der Waals surface area contributed by atoms with E-state index in [9.17, 15) is 26.3 Å². The maximum Gasteiger partial charge on any atom is 0.573 e. The fraction of sp³-hybridized carbons (Fsp3) is 0.368. The summed E-state index contributed by atoms with van der Waals surface area (Å²) in [5.41, 5.74) is 0.569. The lowest BCUT2D eigenvalue weighted by molar-refractivity contribution is -0.274. The fourth-order valence-corrected chi connectivity index (χ4v) is 3.26. The molecule has 2 aromatic rings. The van der Waals surface area contributed by atoms with E-state index in [0.29, 0.717) is 37.3 Å². The average Bonchev–Trinajstić information content (AvgIpc) is 2.63. The Morgan fingerprint density at radius 2 is 1.29 bits per heavy atom. The fourth-order valence-electron chi connectivity index (χ4n) is 3.26. The molecule has 0 bridgehead atoms. The Hall–Kier alpha value is -2.26. The molecule has 9 heteroatoms. The van der Waals surface area contributed by atoms with E-state index >= 15 is 0 Å². The lowest BCUT2D eigenvalue weighted by Gasteiger charge is -2.35. The summed E-state index contributed by atoms with van der Waals surface area (Å²) in [7, 11) is 0. The highest BCUT2D eigenvalue weighted by Gasteiger charge is 2.32. The van der Waals surface area contributed by atoms with Gasteiger partial charge in [-0.05, 0) is 35.4 Å². The average molecular weight is 404 g/mol. The van der Waals surface area contributed by atoms with Crippen LogP contribution < -0.4 is 10.1 Å². The summed E-state index contributed by atoms with van der Waals surface area (Å²) in [6.45, 7) is 2.75. The maximum absolute atomic E-state index is 12.9. The van der Waals surface area contributed by atoms with Crippen LogP contribution in [-0.2, 0) is 6.18 Å². The SMILES string of the molecule is FC(F)(F)Oc1ccc([C@@H](c2ccc(C(F)(F)F)cc2)N2CCNCC2)cc1. The van der Waals surface area contributed by atoms with E-state index in [-0.39, 0.29) is 11.8 Å². The van der Waals surface area contributed by atoms with Crippen LogP contribution in [0, 0.1) is 0 Å². The second kappa shape index (κ2) is 8.00. The molecule has 28 heavy (non-hydrogen) atoms. The molecule has 1 heterocycles. The number of ether oxygens (including phenoxy) is 1. The molecule has 1 atom stereocenters. The van der Waals surface area contributed by atoms with Gasteiger partial charge in [0.25, 0.3) is 0 Å². The molecule has 0 unspecified atom stereocenters. The Bertz CT molecular complexity index is 765. The van der Waals surface area contributed by atoms with E-state index in [1.165, 1.54) is 36.4 Å². The smallest absolute Gasteiger partial charge is 0.406 e. The number of benzene rings is 2. The van der Waals surface area contributed by atoms with Gasteiger partial charge >= 0.3 is 12.5 Å². The summed E-state index contributed by atoms with van der Waals surface area (Å²) in [5.74, 6) is -0.345. The molecular formula is C19H18F6N2O. The quantitative estimate of drug-likeness (QED) is 0.754. The van der Waals surface area contributed by atoms with Crippen molar-refractivity contribution in [1.82, 2.24) is 10.2 Å². The standard InChI is InChI=1S/C19H18F6N2O/c20-18(21,22)15-5-1-13(2-6-15)17(27-11-9-26-10-12-27)14-3-7-16(8-4-14)28-19(23,24)25/h1-8,17,26H,9-12H2/t17-/m1/s1. The maximum atomic E-state index is 12.9. The van der Waals surface area contributed by atoms with Gasteiger partial charge in [-0.2, -0.15) is 13.2 Å². The van der Waals surface area contributed by atoms with Gasteiger partial charge in [-0.1, -0.05) is 24.3 Å². The zero-order valence-corrected chi connectivity index (χ0v) is 14.6. The molecule has 0 aromatic heterocycles. The van der Waals surface area contributed by atoms with E-state index in [1.54, 1.807) is 0 Å². The first-order valence-corrected chi connectivity index (χ1v) is 8.61. The number of nitrogens with zero attached hydrogens (tertiary/aromatic N) is 1. The predicted octanol–water partition coefficient (Wildman–Crippen LogP) is 4.60. The molecule has 0 radical (unpaired) electrons. The largest absolute Gasteiger partial charge is 0.573 e. The molecule has 3 rings (SSSR count). The van der Waals surface area contributed by atoms with E-state index in [0.717, 1.165) is 12.1 Å². The van der Waals surface area contributed by atoms with E-state index in [4.69, 9.17) is 0 Å². The van der Waals surface area contributed by atoms with Crippen LogP contribution in [0.5, 0.6) is 5.75 Å². The van der Waals surface area contributed by atoms with Gasteiger partial charge in [0.2, 0.25) is 0 Å². The van der Waals surface area contributed by atoms with Gasteiger partial charge in [-0.15, -0.1) is 13.2 Å². The van der Waals surface area contributed by atoms with Crippen LogP contribution in [0.15, 0.2) is 48.5 Å². The molecule has 1 N–H and O–H groups in total. The number of piperazine rings is 1. The Kier molecular flexibility index (Phi) is 5.85. The topological polar surface area (TPSA) is 24.5 Å². The molecule has 0 saturated carbocycles. The van der Waals surface area contributed by atoms with Gasteiger partial charge < -0.3 is 10.1 Å². The molecular weight excluding hydrogens is 386 g/mol. The third kappa shape index (κ3) is 5.17. The zero-order valence-electron chi connectivity index (χ0n) is 14.6. The first kappa shape index (κ1) is 20.5. The minimum Gasteiger partial charge on any atom is -0.406 e. The second-order valence-electron chi connectivity index (χ2n) is 6.43. The van der Waals surface area contributed by atoms with Crippen molar-refractivity contribution in [2.24, 2.45) is 0 Å². The summed E-state index contributed by atoms with van der Waals surface area (Å²) in [4.78, 5) is 2.08. The Balaban J connectivity index is 1.91. The highest BCUT2D eigenvalue weighted by molar-refractivity contribution is 5.37. The lowest BCUT2D eigenvalue weighted by atomic mass is 9.95. The monoisotopic (exact) mass is 404 g/mol. The van der Waals surface area contributed by atoms with Crippen LogP contribution >= 0.6 is 0 Å². The molecule has 152 valence electrons. The van der Waals surface area contributed by atoms with Gasteiger partial charge in [-0.25, -0.2) is 0 Å². The van der Waals surface area contributed by atoms with Crippen molar-refractivity contribution >= 4 is 0 Å². The first-order chi connectivity index (χ1) is 13.1. The van der Waals surface area contributed by atoms with Crippen LogP contribution in [0.4, 0.5) is 26.3 Å². The zero-order chi connectivity index (χ0) is 20.4. The summed E-state index contributed by atoms with van der Waals surface area (Å²) in [6, 6.07) is 9.92. The van der Waals surface area contributed by atoms with Gasteiger partial charge in [-0.3, -0.25) is 4.90 Å². The van der Waals surface area contributed by atoms with Crippen molar-refractivity contribution in [3.8, 4) is 5.75 Å². The normalized spacial score (nSPS) is 17.4. The summed E-state index contributed by atoms with van der Waals surface area (Å²) in [5, 5.41) is 3.20. The highest BCUT2D eigenvalue weighted by Crippen LogP contribution is 2.34. The number of halogens is 6. The van der Waals surface area contributed by atoms with Crippen LogP contribution in [-0.4, -0.2) is 37.4 Å². The minimum atomic E-state index is -4.78. The van der Waals surface area contributed by atoms with Crippen LogP contribution in [0.1, 0.15) is 22.7 Å². The van der Waals surface area contributed by atoms with Crippen molar-refractivity contribution < 1.29 is 31.1 Å².